The van der Waals surface area contributed by atoms with E-state index in [1.807, 2.05) is 6.92 Å². The predicted molar refractivity (Wildman–Crippen MR) is 57.4 cm³/mol. The zero-order chi connectivity index (χ0) is 11.4. The Morgan fingerprint density at radius 1 is 1.56 bits per heavy atom. The van der Waals surface area contributed by atoms with Crippen molar-refractivity contribution in [2.24, 2.45) is 0 Å². The zero-order valence-electron chi connectivity index (χ0n) is 9.19. The molecule has 2 N–H and O–H groups in total. The van der Waals surface area contributed by atoms with Crippen molar-refractivity contribution in [3.63, 3.8) is 0 Å². The number of aromatic nitrogens is 3. The maximum absolute atomic E-state index is 11.7. The molecule has 1 aromatic rings. The SMILES string of the molecule is CCOc1n[nH]c(NC(=O)N2CCCC2)n1. The van der Waals surface area contributed by atoms with Crippen LogP contribution in [0.2, 0.25) is 0 Å². The number of hydrogen-bond acceptors (Lipinski definition) is 4. The van der Waals surface area contributed by atoms with Gasteiger partial charge in [-0.15, -0.1) is 5.10 Å². The average molecular weight is 225 g/mol. The first kappa shape index (κ1) is 10.7. The summed E-state index contributed by atoms with van der Waals surface area (Å²) in [6.45, 7) is 3.95. The zero-order valence-corrected chi connectivity index (χ0v) is 9.19. The molecular formula is C9H15N5O2. The quantitative estimate of drug-likeness (QED) is 0.798. The van der Waals surface area contributed by atoms with Crippen LogP contribution in [0.25, 0.3) is 0 Å². The first-order valence-corrected chi connectivity index (χ1v) is 5.40. The third-order valence-corrected chi connectivity index (χ3v) is 2.36. The highest BCUT2D eigenvalue weighted by Gasteiger charge is 2.18. The highest BCUT2D eigenvalue weighted by atomic mass is 16.5. The van der Waals surface area contributed by atoms with E-state index < -0.39 is 0 Å². The second-order valence-electron chi connectivity index (χ2n) is 3.52. The number of likely N-dealkylation sites (tertiary alicyclic amines) is 1. The molecule has 0 atom stereocenters. The van der Waals surface area contributed by atoms with Gasteiger partial charge in [-0.3, -0.25) is 5.32 Å². The highest BCUT2D eigenvalue weighted by molar-refractivity contribution is 5.87. The Morgan fingerprint density at radius 2 is 2.31 bits per heavy atom. The number of nitrogens with zero attached hydrogens (tertiary/aromatic N) is 3. The van der Waals surface area contributed by atoms with E-state index in [1.165, 1.54) is 0 Å². The molecule has 2 rings (SSSR count). The molecule has 0 aromatic carbocycles. The summed E-state index contributed by atoms with van der Waals surface area (Å²) < 4.78 is 5.08. The maximum Gasteiger partial charge on any atom is 0.337 e. The second-order valence-corrected chi connectivity index (χ2v) is 3.52. The van der Waals surface area contributed by atoms with Crippen LogP contribution in [0.4, 0.5) is 10.7 Å². The molecule has 88 valence electrons. The highest BCUT2D eigenvalue weighted by Crippen LogP contribution is 2.10. The van der Waals surface area contributed by atoms with Crippen molar-refractivity contribution in [2.45, 2.75) is 19.8 Å². The summed E-state index contributed by atoms with van der Waals surface area (Å²) in [5.74, 6) is 0.320. The van der Waals surface area contributed by atoms with Crippen molar-refractivity contribution in [2.75, 3.05) is 25.0 Å². The lowest BCUT2D eigenvalue weighted by atomic mass is 10.4. The molecule has 7 nitrogen and oxygen atoms in total. The van der Waals surface area contributed by atoms with Gasteiger partial charge in [-0.1, -0.05) is 0 Å². The molecule has 16 heavy (non-hydrogen) atoms. The summed E-state index contributed by atoms with van der Waals surface area (Å²) in [6, 6.07) is 0.107. The number of anilines is 1. The van der Waals surface area contributed by atoms with Gasteiger partial charge in [0, 0.05) is 13.1 Å². The van der Waals surface area contributed by atoms with Gasteiger partial charge < -0.3 is 9.64 Å². The standard InChI is InChI=1S/C9H15N5O2/c1-2-16-8-10-7(12-13-8)11-9(15)14-5-3-4-6-14/h2-6H2,1H3,(H2,10,11,12,13,15). The predicted octanol–water partition coefficient (Wildman–Crippen LogP) is 0.831. The van der Waals surface area contributed by atoms with Gasteiger partial charge in [0.05, 0.1) is 6.61 Å². The summed E-state index contributed by atoms with van der Waals surface area (Å²) in [7, 11) is 0. The van der Waals surface area contributed by atoms with Gasteiger partial charge in [0.2, 0.25) is 5.95 Å². The number of nitrogens with one attached hydrogen (secondary N) is 2. The van der Waals surface area contributed by atoms with E-state index in [1.54, 1.807) is 4.90 Å². The molecule has 1 saturated heterocycles. The van der Waals surface area contributed by atoms with Crippen LogP contribution in [0.15, 0.2) is 0 Å². The monoisotopic (exact) mass is 225 g/mol. The Balaban J connectivity index is 1.89. The summed E-state index contributed by atoms with van der Waals surface area (Å²) in [4.78, 5) is 17.4. The molecule has 1 aromatic heterocycles. The molecule has 1 aliphatic rings. The first-order valence-electron chi connectivity index (χ1n) is 5.40. The number of carbonyl (C=O) groups excluding carboxylic acids is 1. The lowest BCUT2D eigenvalue weighted by molar-refractivity contribution is 0.222. The van der Waals surface area contributed by atoms with E-state index in [0.29, 0.717) is 12.6 Å². The number of rotatable bonds is 3. The molecule has 7 heteroatoms. The van der Waals surface area contributed by atoms with Gasteiger partial charge >= 0.3 is 12.0 Å². The number of amides is 2. The molecule has 0 bridgehead atoms. The van der Waals surface area contributed by atoms with E-state index in [0.717, 1.165) is 25.9 Å². The minimum atomic E-state index is -0.142. The van der Waals surface area contributed by atoms with Crippen LogP contribution in [0.5, 0.6) is 6.01 Å². The van der Waals surface area contributed by atoms with Crippen molar-refractivity contribution in [3.8, 4) is 6.01 Å². The van der Waals surface area contributed by atoms with Gasteiger partial charge in [-0.25, -0.2) is 9.89 Å². The van der Waals surface area contributed by atoms with Crippen LogP contribution >= 0.6 is 0 Å². The molecule has 0 radical (unpaired) electrons. The number of urea groups is 1. The van der Waals surface area contributed by atoms with E-state index in [9.17, 15) is 4.79 Å². The molecule has 0 aliphatic carbocycles. The fourth-order valence-electron chi connectivity index (χ4n) is 1.60. The fourth-order valence-corrected chi connectivity index (χ4v) is 1.60. The van der Waals surface area contributed by atoms with Gasteiger partial charge in [0.1, 0.15) is 0 Å². The number of hydrogen-bond donors (Lipinski definition) is 2. The Morgan fingerprint density at radius 3 is 3.00 bits per heavy atom. The second kappa shape index (κ2) is 4.82. The topological polar surface area (TPSA) is 83.1 Å². The molecular weight excluding hydrogens is 210 g/mol. The van der Waals surface area contributed by atoms with Gasteiger partial charge in [-0.05, 0) is 19.8 Å². The van der Waals surface area contributed by atoms with Crippen LogP contribution in [0.1, 0.15) is 19.8 Å². The third kappa shape index (κ3) is 2.41. The van der Waals surface area contributed by atoms with Gasteiger partial charge in [0.15, 0.2) is 0 Å². The number of H-pyrrole nitrogens is 1. The molecule has 2 amide bonds. The van der Waals surface area contributed by atoms with Crippen LogP contribution in [0.3, 0.4) is 0 Å². The Hall–Kier alpha value is -1.79. The number of carbonyl (C=O) groups is 1. The molecule has 1 fully saturated rings. The van der Waals surface area contributed by atoms with Crippen molar-refractivity contribution < 1.29 is 9.53 Å². The average Bonchev–Trinajstić information content (AvgIpc) is 2.89. The smallest absolute Gasteiger partial charge is 0.337 e. The lowest BCUT2D eigenvalue weighted by Gasteiger charge is -2.14. The van der Waals surface area contributed by atoms with Gasteiger partial charge in [-0.2, -0.15) is 4.98 Å². The minimum absolute atomic E-state index is 0.142. The molecule has 0 spiro atoms. The summed E-state index contributed by atoms with van der Waals surface area (Å²) in [6.07, 6.45) is 2.13. The van der Waals surface area contributed by atoms with Crippen LogP contribution in [0, 0.1) is 0 Å². The number of aromatic amines is 1. The minimum Gasteiger partial charge on any atom is -0.463 e. The molecule has 1 aliphatic heterocycles. The van der Waals surface area contributed by atoms with E-state index in [2.05, 4.69) is 20.5 Å². The van der Waals surface area contributed by atoms with E-state index >= 15 is 0 Å². The number of ether oxygens (including phenoxy) is 1. The van der Waals surface area contributed by atoms with Crippen LogP contribution in [-0.4, -0.2) is 45.8 Å². The van der Waals surface area contributed by atoms with Crippen molar-refractivity contribution in [1.82, 2.24) is 20.1 Å². The van der Waals surface area contributed by atoms with Crippen molar-refractivity contribution in [3.05, 3.63) is 0 Å². The third-order valence-electron chi connectivity index (χ3n) is 2.36. The van der Waals surface area contributed by atoms with E-state index in [4.69, 9.17) is 4.74 Å². The largest absolute Gasteiger partial charge is 0.463 e. The fraction of sp³-hybridized carbons (Fsp3) is 0.667. The first-order chi connectivity index (χ1) is 7.79. The van der Waals surface area contributed by atoms with E-state index in [-0.39, 0.29) is 12.0 Å². The van der Waals surface area contributed by atoms with Crippen LogP contribution in [-0.2, 0) is 0 Å². The van der Waals surface area contributed by atoms with Gasteiger partial charge in [0.25, 0.3) is 0 Å². The Labute approximate surface area is 93.2 Å². The summed E-state index contributed by atoms with van der Waals surface area (Å²) in [5.41, 5.74) is 0. The normalized spacial score (nSPS) is 15.2. The maximum atomic E-state index is 11.7. The molecule has 2 heterocycles. The van der Waals surface area contributed by atoms with Crippen molar-refractivity contribution >= 4 is 12.0 Å². The van der Waals surface area contributed by atoms with Crippen LogP contribution < -0.4 is 10.1 Å². The lowest BCUT2D eigenvalue weighted by Crippen LogP contribution is -2.32. The molecule has 0 unspecified atom stereocenters. The summed E-state index contributed by atoms with van der Waals surface area (Å²) >= 11 is 0. The molecule has 0 saturated carbocycles. The Bertz CT molecular complexity index is 359. The Kier molecular flexibility index (Phi) is 3.23. The summed E-state index contributed by atoms with van der Waals surface area (Å²) in [5, 5.41) is 9.03. The van der Waals surface area contributed by atoms with Crippen molar-refractivity contribution in [1.29, 1.82) is 0 Å².